The maximum absolute atomic E-state index is 12.8. The van der Waals surface area contributed by atoms with Gasteiger partial charge < -0.3 is 5.32 Å². The Morgan fingerprint density at radius 1 is 1.00 bits per heavy atom. The largest absolute Gasteiger partial charge is 0.325 e. The van der Waals surface area contributed by atoms with Gasteiger partial charge in [-0.15, -0.1) is 0 Å². The van der Waals surface area contributed by atoms with Crippen molar-refractivity contribution in [3.8, 4) is 0 Å². The van der Waals surface area contributed by atoms with Crippen LogP contribution in [0.15, 0.2) is 42.5 Å². The van der Waals surface area contributed by atoms with Crippen molar-refractivity contribution in [2.45, 2.75) is 27.3 Å². The van der Waals surface area contributed by atoms with Gasteiger partial charge in [0.05, 0.1) is 6.54 Å². The minimum absolute atomic E-state index is 0.181. The van der Waals surface area contributed by atoms with Crippen LogP contribution in [0.25, 0.3) is 0 Å². The van der Waals surface area contributed by atoms with Crippen LogP contribution in [0.2, 0.25) is 0 Å². The molecule has 0 saturated carbocycles. The van der Waals surface area contributed by atoms with E-state index in [-0.39, 0.29) is 12.5 Å². The van der Waals surface area contributed by atoms with Crippen LogP contribution in [0, 0.1) is 20.8 Å². The Balaban J connectivity index is 1.66. The van der Waals surface area contributed by atoms with Gasteiger partial charge in [0, 0.05) is 25.3 Å². The van der Waals surface area contributed by atoms with E-state index in [0.29, 0.717) is 25.3 Å². The molecule has 0 aliphatic carbocycles. The molecule has 7 heteroatoms. The number of aryl methyl sites for hydroxylation is 3. The van der Waals surface area contributed by atoms with E-state index in [9.17, 15) is 13.2 Å². The molecule has 1 aliphatic rings. The van der Waals surface area contributed by atoms with E-state index in [1.54, 1.807) is 0 Å². The van der Waals surface area contributed by atoms with E-state index in [2.05, 4.69) is 5.32 Å². The summed E-state index contributed by atoms with van der Waals surface area (Å²) in [4.78, 5) is 12.4. The average Bonchev–Trinajstić information content (AvgIpc) is 2.87. The number of nitrogens with zero attached hydrogens (tertiary/aromatic N) is 2. The summed E-state index contributed by atoms with van der Waals surface area (Å²) < 4.78 is 28.2. The van der Waals surface area contributed by atoms with Gasteiger partial charge in [-0.3, -0.25) is 4.79 Å². The van der Waals surface area contributed by atoms with Crippen molar-refractivity contribution in [2.75, 3.05) is 25.0 Å². The van der Waals surface area contributed by atoms with Crippen LogP contribution in [0.1, 0.15) is 22.3 Å². The summed E-state index contributed by atoms with van der Waals surface area (Å²) in [5, 5.41) is 2.81. The van der Waals surface area contributed by atoms with Gasteiger partial charge in [-0.2, -0.15) is 17.0 Å². The van der Waals surface area contributed by atoms with Gasteiger partial charge in [-0.1, -0.05) is 42.0 Å². The summed E-state index contributed by atoms with van der Waals surface area (Å²) in [6.07, 6.45) is 0. The van der Waals surface area contributed by atoms with Crippen LogP contribution in [-0.2, 0) is 21.5 Å². The Bertz CT molecular complexity index is 957. The van der Waals surface area contributed by atoms with E-state index in [1.165, 1.54) is 8.61 Å². The minimum Gasteiger partial charge on any atom is -0.325 e. The SMILES string of the molecule is Cc1ccc(NC(=O)CN2CCN(Cc3ccccc3C)S2(=O)=O)c(C)c1. The normalized spacial score (nSPS) is 17.1. The third-order valence-corrected chi connectivity index (χ3v) is 6.76. The lowest BCUT2D eigenvalue weighted by atomic mass is 10.1. The quantitative estimate of drug-likeness (QED) is 0.857. The highest BCUT2D eigenvalue weighted by atomic mass is 32.2. The number of carbonyl (C=O) groups excluding carboxylic acids is 1. The fourth-order valence-corrected chi connectivity index (χ4v) is 4.75. The summed E-state index contributed by atoms with van der Waals surface area (Å²) in [7, 11) is -3.64. The second-order valence-electron chi connectivity index (χ2n) is 6.97. The Labute approximate surface area is 161 Å². The zero-order chi connectivity index (χ0) is 19.6. The molecule has 27 heavy (non-hydrogen) atoms. The molecular weight excluding hydrogens is 362 g/mol. The van der Waals surface area contributed by atoms with Crippen molar-refractivity contribution in [3.05, 3.63) is 64.7 Å². The summed E-state index contributed by atoms with van der Waals surface area (Å²) >= 11 is 0. The number of hydrogen-bond acceptors (Lipinski definition) is 3. The van der Waals surface area contributed by atoms with E-state index in [4.69, 9.17) is 0 Å². The molecule has 0 radical (unpaired) electrons. The molecule has 3 rings (SSSR count). The smallest absolute Gasteiger partial charge is 0.282 e. The molecule has 1 amide bonds. The molecule has 2 aromatic rings. The third kappa shape index (κ3) is 4.37. The first-order chi connectivity index (χ1) is 12.8. The van der Waals surface area contributed by atoms with Crippen LogP contribution in [0.4, 0.5) is 5.69 Å². The molecule has 144 valence electrons. The molecule has 0 spiro atoms. The fraction of sp³-hybridized carbons (Fsp3) is 0.350. The summed E-state index contributed by atoms with van der Waals surface area (Å²) in [6.45, 7) is 6.71. The number of amides is 1. The van der Waals surface area contributed by atoms with Crippen LogP contribution in [0.3, 0.4) is 0 Å². The molecule has 1 heterocycles. The zero-order valence-corrected chi connectivity index (χ0v) is 16.7. The number of rotatable bonds is 5. The fourth-order valence-electron chi connectivity index (χ4n) is 3.22. The molecule has 1 N–H and O–H groups in total. The van der Waals surface area contributed by atoms with Crippen molar-refractivity contribution in [1.82, 2.24) is 8.61 Å². The van der Waals surface area contributed by atoms with Gasteiger partial charge in [0.1, 0.15) is 0 Å². The molecule has 1 fully saturated rings. The van der Waals surface area contributed by atoms with E-state index in [0.717, 1.165) is 22.3 Å². The Hall–Kier alpha value is -2.22. The highest BCUT2D eigenvalue weighted by Crippen LogP contribution is 2.21. The van der Waals surface area contributed by atoms with Gasteiger partial charge in [0.15, 0.2) is 0 Å². The van der Waals surface area contributed by atoms with E-state index in [1.807, 2.05) is 63.2 Å². The third-order valence-electron chi connectivity index (χ3n) is 4.84. The van der Waals surface area contributed by atoms with Crippen molar-refractivity contribution < 1.29 is 13.2 Å². The summed E-state index contributed by atoms with van der Waals surface area (Å²) in [6, 6.07) is 13.5. The molecule has 0 bridgehead atoms. The van der Waals surface area contributed by atoms with Crippen LogP contribution >= 0.6 is 0 Å². The molecule has 1 saturated heterocycles. The summed E-state index contributed by atoms with van der Waals surface area (Å²) in [5.74, 6) is -0.330. The number of benzene rings is 2. The predicted octanol–water partition coefficient (Wildman–Crippen LogP) is 2.61. The minimum atomic E-state index is -3.64. The van der Waals surface area contributed by atoms with E-state index >= 15 is 0 Å². The van der Waals surface area contributed by atoms with Gasteiger partial charge >= 0.3 is 0 Å². The molecule has 0 unspecified atom stereocenters. The average molecular weight is 388 g/mol. The standard InChI is InChI=1S/C20H25N3O3S/c1-15-8-9-19(17(3)12-15)21-20(24)14-23-11-10-22(27(23,25)26)13-18-7-5-4-6-16(18)2/h4-9,12H,10-11,13-14H2,1-3H3,(H,21,24). The molecular formula is C20H25N3O3S. The van der Waals surface area contributed by atoms with Crippen LogP contribution in [-0.4, -0.2) is 42.6 Å². The Kier molecular flexibility index (Phi) is 5.64. The highest BCUT2D eigenvalue weighted by Gasteiger charge is 2.37. The van der Waals surface area contributed by atoms with Crippen molar-refractivity contribution in [3.63, 3.8) is 0 Å². The molecule has 0 atom stereocenters. The second-order valence-corrected chi connectivity index (χ2v) is 8.90. The number of hydrogen-bond donors (Lipinski definition) is 1. The van der Waals surface area contributed by atoms with Gasteiger partial charge in [0.2, 0.25) is 5.91 Å². The molecule has 6 nitrogen and oxygen atoms in total. The maximum Gasteiger partial charge on any atom is 0.282 e. The Morgan fingerprint density at radius 3 is 2.41 bits per heavy atom. The monoisotopic (exact) mass is 387 g/mol. The van der Waals surface area contributed by atoms with Gasteiger partial charge in [-0.05, 0) is 43.5 Å². The first-order valence-corrected chi connectivity index (χ1v) is 10.3. The zero-order valence-electron chi connectivity index (χ0n) is 15.9. The lowest BCUT2D eigenvalue weighted by Gasteiger charge is -2.19. The number of nitrogens with one attached hydrogen (secondary N) is 1. The second kappa shape index (κ2) is 7.80. The molecule has 0 aromatic heterocycles. The first kappa shape index (κ1) is 19.5. The van der Waals surface area contributed by atoms with Crippen molar-refractivity contribution >= 4 is 21.8 Å². The van der Waals surface area contributed by atoms with Crippen molar-refractivity contribution in [2.24, 2.45) is 0 Å². The molecule has 1 aliphatic heterocycles. The number of carbonyl (C=O) groups is 1. The van der Waals surface area contributed by atoms with Gasteiger partial charge in [-0.25, -0.2) is 0 Å². The number of anilines is 1. The lowest BCUT2D eigenvalue weighted by molar-refractivity contribution is -0.116. The predicted molar refractivity (Wildman–Crippen MR) is 107 cm³/mol. The van der Waals surface area contributed by atoms with E-state index < -0.39 is 10.2 Å². The maximum atomic E-state index is 12.8. The Morgan fingerprint density at radius 2 is 1.70 bits per heavy atom. The summed E-state index contributed by atoms with van der Waals surface area (Å²) in [5.41, 5.74) is 4.80. The lowest BCUT2D eigenvalue weighted by Crippen LogP contribution is -2.38. The van der Waals surface area contributed by atoms with Crippen LogP contribution in [0.5, 0.6) is 0 Å². The van der Waals surface area contributed by atoms with Crippen LogP contribution < -0.4 is 5.32 Å². The van der Waals surface area contributed by atoms with Gasteiger partial charge in [0.25, 0.3) is 10.2 Å². The molecule has 2 aromatic carbocycles. The topological polar surface area (TPSA) is 69.7 Å². The first-order valence-electron chi connectivity index (χ1n) is 8.94. The van der Waals surface area contributed by atoms with Crippen molar-refractivity contribution in [1.29, 1.82) is 0 Å². The highest BCUT2D eigenvalue weighted by molar-refractivity contribution is 7.87.